The van der Waals surface area contributed by atoms with Crippen LogP contribution in [0.15, 0.2) is 88.6 Å². The van der Waals surface area contributed by atoms with Gasteiger partial charge in [-0.15, -0.1) is 0 Å². The van der Waals surface area contributed by atoms with Gasteiger partial charge in [0.25, 0.3) is 5.56 Å². The maximum Gasteiger partial charge on any atom is 0.280 e. The molecule has 0 spiro atoms. The van der Waals surface area contributed by atoms with Gasteiger partial charge in [0.1, 0.15) is 0 Å². The number of H-pyrrole nitrogens is 1. The van der Waals surface area contributed by atoms with E-state index in [1.165, 1.54) is 0 Å². The van der Waals surface area contributed by atoms with Gasteiger partial charge >= 0.3 is 0 Å². The zero-order valence-electron chi connectivity index (χ0n) is 15.8. The second-order valence-corrected chi connectivity index (χ2v) is 6.54. The largest absolute Gasteiger partial charge is 0.290 e. The highest BCUT2D eigenvalue weighted by molar-refractivity contribution is 6.04. The molecule has 0 aliphatic rings. The van der Waals surface area contributed by atoms with E-state index in [1.54, 1.807) is 4.68 Å². The van der Waals surface area contributed by atoms with Crippen molar-refractivity contribution in [3.8, 4) is 16.9 Å². The van der Waals surface area contributed by atoms with Crippen molar-refractivity contribution in [2.45, 2.75) is 13.8 Å². The van der Waals surface area contributed by atoms with Crippen molar-refractivity contribution in [2.75, 3.05) is 0 Å². The van der Waals surface area contributed by atoms with Crippen LogP contribution in [0.5, 0.6) is 0 Å². The first-order valence-electron chi connectivity index (χ1n) is 9.08. The SMILES string of the molecule is CC(=Nc1cccc(C)n1)c1c(-c2ccccc2)[nH]n(-c2ccccc2)c1=O. The van der Waals surface area contributed by atoms with Crippen molar-refractivity contribution in [3.63, 3.8) is 0 Å². The molecule has 0 bridgehead atoms. The molecular weight excluding hydrogens is 348 g/mol. The molecule has 1 N–H and O–H groups in total. The third-order valence-electron chi connectivity index (χ3n) is 4.49. The molecule has 0 saturated heterocycles. The Balaban J connectivity index is 1.92. The molecule has 0 saturated carbocycles. The van der Waals surface area contributed by atoms with E-state index in [1.807, 2.05) is 92.7 Å². The summed E-state index contributed by atoms with van der Waals surface area (Å²) in [5.74, 6) is 0.586. The molecule has 2 aromatic heterocycles. The monoisotopic (exact) mass is 368 g/mol. The summed E-state index contributed by atoms with van der Waals surface area (Å²) in [6.07, 6.45) is 0. The molecule has 0 fully saturated rings. The number of nitrogens with zero attached hydrogens (tertiary/aromatic N) is 3. The lowest BCUT2D eigenvalue weighted by molar-refractivity contribution is 0.852. The Morgan fingerprint density at radius 1 is 0.929 bits per heavy atom. The molecule has 4 rings (SSSR count). The zero-order chi connectivity index (χ0) is 19.5. The summed E-state index contributed by atoms with van der Waals surface area (Å²) in [5, 5.41) is 3.26. The van der Waals surface area contributed by atoms with Crippen molar-refractivity contribution in [2.24, 2.45) is 4.99 Å². The van der Waals surface area contributed by atoms with Crippen LogP contribution in [0.25, 0.3) is 16.9 Å². The van der Waals surface area contributed by atoms with Gasteiger partial charge in [0.15, 0.2) is 5.82 Å². The maximum atomic E-state index is 13.3. The molecule has 0 aliphatic carbocycles. The number of pyridine rings is 1. The molecule has 0 radical (unpaired) electrons. The fourth-order valence-electron chi connectivity index (χ4n) is 3.16. The first-order valence-corrected chi connectivity index (χ1v) is 9.08. The molecule has 0 amide bonds. The summed E-state index contributed by atoms with van der Waals surface area (Å²) < 4.78 is 1.56. The van der Waals surface area contributed by atoms with Gasteiger partial charge in [-0.25, -0.2) is 14.7 Å². The minimum Gasteiger partial charge on any atom is -0.290 e. The molecule has 0 unspecified atom stereocenters. The quantitative estimate of drug-likeness (QED) is 0.532. The standard InChI is InChI=1S/C23H20N4O/c1-16-10-9-15-20(24-16)25-17(2)21-22(18-11-5-3-6-12-18)26-27(23(21)28)19-13-7-4-8-14-19/h3-15,26H,1-2H3. The number of hydrogen-bond acceptors (Lipinski definition) is 3. The molecule has 28 heavy (non-hydrogen) atoms. The zero-order valence-corrected chi connectivity index (χ0v) is 15.8. The number of aliphatic imine (C=N–C) groups is 1. The summed E-state index contributed by atoms with van der Waals surface area (Å²) in [6, 6.07) is 25.0. The fourth-order valence-corrected chi connectivity index (χ4v) is 3.16. The Labute approximate surface area is 163 Å². The average molecular weight is 368 g/mol. The number of nitrogens with one attached hydrogen (secondary N) is 1. The average Bonchev–Trinajstić information content (AvgIpc) is 3.06. The highest BCUT2D eigenvalue weighted by Crippen LogP contribution is 2.22. The van der Waals surface area contributed by atoms with Crippen molar-refractivity contribution < 1.29 is 0 Å². The van der Waals surface area contributed by atoms with Crippen molar-refractivity contribution in [1.29, 1.82) is 0 Å². The minimum atomic E-state index is -0.140. The predicted octanol–water partition coefficient (Wildman–Crippen LogP) is 4.68. The van der Waals surface area contributed by atoms with Crippen LogP contribution in [0.1, 0.15) is 18.2 Å². The second-order valence-electron chi connectivity index (χ2n) is 6.54. The summed E-state index contributed by atoms with van der Waals surface area (Å²) in [7, 11) is 0. The van der Waals surface area contributed by atoms with E-state index in [0.29, 0.717) is 17.1 Å². The first kappa shape index (κ1) is 17.7. The fraction of sp³-hybridized carbons (Fsp3) is 0.0870. The van der Waals surface area contributed by atoms with Gasteiger partial charge in [-0.2, -0.15) is 0 Å². The molecule has 0 aliphatic heterocycles. The van der Waals surface area contributed by atoms with Gasteiger partial charge < -0.3 is 0 Å². The Hall–Kier alpha value is -3.73. The van der Waals surface area contributed by atoms with Crippen LogP contribution in [0.3, 0.4) is 0 Å². The number of aromatic amines is 1. The Morgan fingerprint density at radius 3 is 2.29 bits per heavy atom. The predicted molar refractivity (Wildman–Crippen MR) is 113 cm³/mol. The molecule has 138 valence electrons. The lowest BCUT2D eigenvalue weighted by atomic mass is 10.1. The molecule has 5 heteroatoms. The van der Waals surface area contributed by atoms with E-state index >= 15 is 0 Å². The lowest BCUT2D eigenvalue weighted by Gasteiger charge is -2.03. The van der Waals surface area contributed by atoms with Crippen LogP contribution in [-0.4, -0.2) is 20.5 Å². The van der Waals surface area contributed by atoms with Crippen molar-refractivity contribution in [3.05, 3.63) is 100 Å². The summed E-state index contributed by atoms with van der Waals surface area (Å²) in [5.41, 5.74) is 4.34. The van der Waals surface area contributed by atoms with E-state index in [-0.39, 0.29) is 5.56 Å². The van der Waals surface area contributed by atoms with Gasteiger partial charge in [0.2, 0.25) is 0 Å². The number of hydrogen-bond donors (Lipinski definition) is 1. The van der Waals surface area contributed by atoms with E-state index in [4.69, 9.17) is 0 Å². The molecule has 0 atom stereocenters. The normalized spacial score (nSPS) is 11.6. The number of benzene rings is 2. The van der Waals surface area contributed by atoms with Crippen LogP contribution in [0.4, 0.5) is 5.82 Å². The topological polar surface area (TPSA) is 63.0 Å². The molecule has 2 heterocycles. The van der Waals surface area contributed by atoms with Gasteiger partial charge in [-0.1, -0.05) is 54.6 Å². The van der Waals surface area contributed by atoms with Crippen LogP contribution >= 0.6 is 0 Å². The third-order valence-corrected chi connectivity index (χ3v) is 4.49. The Morgan fingerprint density at radius 2 is 1.61 bits per heavy atom. The maximum absolute atomic E-state index is 13.3. The van der Waals surface area contributed by atoms with E-state index in [0.717, 1.165) is 22.6 Å². The van der Waals surface area contributed by atoms with E-state index in [2.05, 4.69) is 15.1 Å². The van der Waals surface area contributed by atoms with E-state index < -0.39 is 0 Å². The summed E-state index contributed by atoms with van der Waals surface area (Å²) in [4.78, 5) is 22.3. The smallest absolute Gasteiger partial charge is 0.280 e. The lowest BCUT2D eigenvalue weighted by Crippen LogP contribution is -2.19. The highest BCUT2D eigenvalue weighted by Gasteiger charge is 2.19. The first-order chi connectivity index (χ1) is 13.6. The Bertz CT molecular complexity index is 1190. The highest BCUT2D eigenvalue weighted by atomic mass is 16.1. The van der Waals surface area contributed by atoms with Gasteiger partial charge in [0.05, 0.1) is 22.7 Å². The van der Waals surface area contributed by atoms with Gasteiger partial charge in [-0.05, 0) is 38.1 Å². The molecule has 2 aromatic carbocycles. The summed E-state index contributed by atoms with van der Waals surface area (Å²) in [6.45, 7) is 3.76. The van der Waals surface area contributed by atoms with Crippen LogP contribution in [0, 0.1) is 6.92 Å². The van der Waals surface area contributed by atoms with Gasteiger partial charge in [-0.3, -0.25) is 9.89 Å². The Kier molecular flexibility index (Phi) is 4.72. The minimum absolute atomic E-state index is 0.140. The summed E-state index contributed by atoms with van der Waals surface area (Å²) >= 11 is 0. The number of aromatic nitrogens is 3. The van der Waals surface area contributed by atoms with Crippen LogP contribution in [-0.2, 0) is 0 Å². The van der Waals surface area contributed by atoms with E-state index in [9.17, 15) is 4.79 Å². The van der Waals surface area contributed by atoms with Crippen molar-refractivity contribution >= 4 is 11.5 Å². The third kappa shape index (κ3) is 3.42. The number of para-hydroxylation sites is 1. The van der Waals surface area contributed by atoms with Crippen LogP contribution in [0.2, 0.25) is 0 Å². The van der Waals surface area contributed by atoms with Gasteiger partial charge in [0, 0.05) is 11.3 Å². The van der Waals surface area contributed by atoms with Crippen LogP contribution < -0.4 is 5.56 Å². The number of aryl methyl sites for hydroxylation is 1. The molecule has 5 nitrogen and oxygen atoms in total. The van der Waals surface area contributed by atoms with Crippen molar-refractivity contribution in [1.82, 2.24) is 14.8 Å². The molecular formula is C23H20N4O. The second kappa shape index (κ2) is 7.48. The molecule has 4 aromatic rings. The number of rotatable bonds is 4.